The van der Waals surface area contributed by atoms with Crippen molar-refractivity contribution in [1.29, 1.82) is 0 Å². The highest BCUT2D eigenvalue weighted by Crippen LogP contribution is 2.22. The fraction of sp³-hybridized carbons (Fsp3) is 0.409. The second kappa shape index (κ2) is 8.53. The van der Waals surface area contributed by atoms with Crippen molar-refractivity contribution in [3.63, 3.8) is 0 Å². The van der Waals surface area contributed by atoms with Crippen LogP contribution in [0, 0.1) is 12.7 Å². The number of rotatable bonds is 5. The van der Waals surface area contributed by atoms with Crippen LogP contribution in [0.4, 0.5) is 10.1 Å². The first kappa shape index (κ1) is 19.4. The second-order valence-corrected chi connectivity index (χ2v) is 7.32. The molecule has 144 valence electrons. The van der Waals surface area contributed by atoms with Crippen LogP contribution >= 0.6 is 0 Å². The lowest BCUT2D eigenvalue weighted by atomic mass is 10.1. The third-order valence-electron chi connectivity index (χ3n) is 5.40. The molecule has 2 aromatic rings. The van der Waals surface area contributed by atoms with Crippen LogP contribution in [-0.2, 0) is 4.79 Å². The molecule has 1 atom stereocenters. The minimum atomic E-state index is -0.226. The predicted octanol–water partition coefficient (Wildman–Crippen LogP) is 3.48. The smallest absolute Gasteiger partial charge is 0.236 e. The average molecular weight is 369 g/mol. The summed E-state index contributed by atoms with van der Waals surface area (Å²) in [6, 6.07) is 15.1. The second-order valence-electron chi connectivity index (χ2n) is 7.32. The Bertz CT molecular complexity index is 787. The Kier molecular flexibility index (Phi) is 6.11. The van der Waals surface area contributed by atoms with E-state index in [2.05, 4.69) is 36.1 Å². The van der Waals surface area contributed by atoms with Crippen LogP contribution in [0.3, 0.4) is 0 Å². The minimum absolute atomic E-state index is 0.101. The van der Waals surface area contributed by atoms with Gasteiger partial charge in [0.2, 0.25) is 5.91 Å². The number of aryl methyl sites for hydroxylation is 1. The lowest BCUT2D eigenvalue weighted by molar-refractivity contribution is -0.132. The van der Waals surface area contributed by atoms with Crippen molar-refractivity contribution >= 4 is 11.6 Å². The lowest BCUT2D eigenvalue weighted by Crippen LogP contribution is -2.51. The monoisotopic (exact) mass is 369 g/mol. The largest absolute Gasteiger partial charge is 0.368 e. The van der Waals surface area contributed by atoms with Crippen LogP contribution in [0.5, 0.6) is 0 Å². The minimum Gasteiger partial charge on any atom is -0.368 e. The topological polar surface area (TPSA) is 26.8 Å². The number of likely N-dealkylation sites (N-methyl/N-ethyl adjacent to an activating group) is 1. The van der Waals surface area contributed by atoms with Gasteiger partial charge in [-0.2, -0.15) is 0 Å². The molecule has 3 rings (SSSR count). The molecule has 0 aromatic heterocycles. The third-order valence-corrected chi connectivity index (χ3v) is 5.40. The van der Waals surface area contributed by atoms with Crippen LogP contribution in [0.1, 0.15) is 24.1 Å². The number of benzene rings is 2. The first-order valence-electron chi connectivity index (χ1n) is 9.50. The van der Waals surface area contributed by atoms with Crippen molar-refractivity contribution < 1.29 is 9.18 Å². The van der Waals surface area contributed by atoms with Crippen LogP contribution in [-0.4, -0.2) is 55.5 Å². The summed E-state index contributed by atoms with van der Waals surface area (Å²) in [5.41, 5.74) is 3.08. The number of hydrogen-bond donors (Lipinski definition) is 0. The molecule has 2 aromatic carbocycles. The molecule has 0 spiro atoms. The lowest BCUT2D eigenvalue weighted by Gasteiger charge is -2.37. The van der Waals surface area contributed by atoms with Crippen molar-refractivity contribution in [3.8, 4) is 0 Å². The molecule has 1 heterocycles. The van der Waals surface area contributed by atoms with Crippen molar-refractivity contribution in [2.24, 2.45) is 0 Å². The Morgan fingerprint density at radius 3 is 2.48 bits per heavy atom. The van der Waals surface area contributed by atoms with Gasteiger partial charge in [0.05, 0.1) is 6.54 Å². The molecule has 1 saturated heterocycles. The maximum Gasteiger partial charge on any atom is 0.236 e. The number of hydrogen-bond acceptors (Lipinski definition) is 3. The maximum atomic E-state index is 14.0. The maximum absolute atomic E-state index is 14.0. The summed E-state index contributed by atoms with van der Waals surface area (Å²) in [7, 11) is 1.87. The first-order valence-corrected chi connectivity index (χ1v) is 9.50. The van der Waals surface area contributed by atoms with Crippen molar-refractivity contribution in [3.05, 3.63) is 65.5 Å². The van der Waals surface area contributed by atoms with E-state index in [0.717, 1.165) is 13.1 Å². The van der Waals surface area contributed by atoms with Crippen molar-refractivity contribution in [1.82, 2.24) is 9.80 Å². The molecule has 1 aliphatic heterocycles. The molecule has 27 heavy (non-hydrogen) atoms. The summed E-state index contributed by atoms with van der Waals surface area (Å²) in [4.78, 5) is 18.8. The Hall–Kier alpha value is -2.40. The quantitative estimate of drug-likeness (QED) is 0.807. The summed E-state index contributed by atoms with van der Waals surface area (Å²) in [5.74, 6) is -0.124. The molecule has 1 unspecified atom stereocenters. The Morgan fingerprint density at radius 1 is 1.11 bits per heavy atom. The number of piperazine rings is 1. The van der Waals surface area contributed by atoms with Crippen LogP contribution in [0.2, 0.25) is 0 Å². The number of halogens is 1. The summed E-state index contributed by atoms with van der Waals surface area (Å²) < 4.78 is 14.0. The van der Waals surface area contributed by atoms with Gasteiger partial charge in [0, 0.05) is 43.5 Å². The molecular weight excluding hydrogens is 341 g/mol. The van der Waals surface area contributed by atoms with E-state index < -0.39 is 0 Å². The highest BCUT2D eigenvalue weighted by Gasteiger charge is 2.24. The Balaban J connectivity index is 1.54. The summed E-state index contributed by atoms with van der Waals surface area (Å²) in [6.45, 7) is 7.42. The number of anilines is 1. The molecule has 0 bridgehead atoms. The van der Waals surface area contributed by atoms with E-state index in [9.17, 15) is 9.18 Å². The van der Waals surface area contributed by atoms with Gasteiger partial charge in [0.15, 0.2) is 0 Å². The first-order chi connectivity index (χ1) is 13.0. The highest BCUT2D eigenvalue weighted by atomic mass is 19.1. The number of carbonyl (C=O) groups excluding carboxylic acids is 1. The zero-order valence-electron chi connectivity index (χ0n) is 16.4. The van der Waals surface area contributed by atoms with Gasteiger partial charge in [-0.25, -0.2) is 4.39 Å². The highest BCUT2D eigenvalue weighted by molar-refractivity contribution is 5.78. The number of carbonyl (C=O) groups is 1. The van der Waals surface area contributed by atoms with Gasteiger partial charge < -0.3 is 9.80 Å². The van der Waals surface area contributed by atoms with Gasteiger partial charge in [-0.05, 0) is 44.7 Å². The van der Waals surface area contributed by atoms with Crippen LogP contribution in [0.25, 0.3) is 0 Å². The molecule has 0 saturated carbocycles. The summed E-state index contributed by atoms with van der Waals surface area (Å²) >= 11 is 0. The van der Waals surface area contributed by atoms with E-state index in [1.165, 1.54) is 17.3 Å². The standard InChI is InChI=1S/C22H28FN3O/c1-17-7-6-8-19(15-17)25-11-13-26(14-12-25)22(27)16-24(3)18(2)20-9-4-5-10-21(20)23/h4-10,15,18H,11-14,16H2,1-3H3. The normalized spacial score (nSPS) is 15.9. The molecule has 5 heteroatoms. The molecule has 0 aliphatic carbocycles. The van der Waals surface area contributed by atoms with Gasteiger partial charge in [0.25, 0.3) is 0 Å². The fourth-order valence-corrected chi connectivity index (χ4v) is 3.54. The predicted molar refractivity (Wildman–Crippen MR) is 107 cm³/mol. The van der Waals surface area contributed by atoms with Gasteiger partial charge in [-0.1, -0.05) is 30.3 Å². The van der Waals surface area contributed by atoms with E-state index in [1.807, 2.05) is 29.8 Å². The van der Waals surface area contributed by atoms with E-state index >= 15 is 0 Å². The number of amides is 1. The van der Waals surface area contributed by atoms with E-state index in [-0.39, 0.29) is 17.8 Å². The molecule has 1 fully saturated rings. The fourth-order valence-electron chi connectivity index (χ4n) is 3.54. The molecule has 1 aliphatic rings. The third kappa shape index (κ3) is 4.66. The Morgan fingerprint density at radius 2 is 1.81 bits per heavy atom. The zero-order valence-corrected chi connectivity index (χ0v) is 16.4. The van der Waals surface area contributed by atoms with Gasteiger partial charge in [0.1, 0.15) is 5.82 Å². The summed E-state index contributed by atoms with van der Waals surface area (Å²) in [6.07, 6.45) is 0. The van der Waals surface area contributed by atoms with E-state index in [4.69, 9.17) is 0 Å². The SMILES string of the molecule is Cc1cccc(N2CCN(C(=O)CN(C)C(C)c3ccccc3F)CC2)c1. The van der Waals surface area contributed by atoms with E-state index in [1.54, 1.807) is 12.1 Å². The van der Waals surface area contributed by atoms with Crippen molar-refractivity contribution in [2.45, 2.75) is 19.9 Å². The van der Waals surface area contributed by atoms with Crippen LogP contribution in [0.15, 0.2) is 48.5 Å². The molecule has 0 N–H and O–H groups in total. The summed E-state index contributed by atoms with van der Waals surface area (Å²) in [5, 5.41) is 0. The average Bonchev–Trinajstić information content (AvgIpc) is 2.68. The zero-order chi connectivity index (χ0) is 19.4. The van der Waals surface area contributed by atoms with E-state index in [0.29, 0.717) is 25.2 Å². The molecule has 0 radical (unpaired) electrons. The van der Waals surface area contributed by atoms with Crippen LogP contribution < -0.4 is 4.90 Å². The molecular formula is C22H28FN3O. The van der Waals surface area contributed by atoms with Gasteiger partial charge in [-0.15, -0.1) is 0 Å². The Labute approximate surface area is 161 Å². The molecule has 4 nitrogen and oxygen atoms in total. The van der Waals surface area contributed by atoms with Gasteiger partial charge in [-0.3, -0.25) is 9.69 Å². The molecule has 1 amide bonds. The van der Waals surface area contributed by atoms with Gasteiger partial charge >= 0.3 is 0 Å². The number of nitrogens with zero attached hydrogens (tertiary/aromatic N) is 3. The van der Waals surface area contributed by atoms with Crippen molar-refractivity contribution in [2.75, 3.05) is 44.7 Å².